The summed E-state index contributed by atoms with van der Waals surface area (Å²) in [5.41, 5.74) is 0. The van der Waals surface area contributed by atoms with Crippen molar-refractivity contribution >= 4 is 0 Å². The Morgan fingerprint density at radius 1 is 0.279 bits per heavy atom. The maximum atomic E-state index is 5.45. The second kappa shape index (κ2) is 38.1. The van der Waals surface area contributed by atoms with Crippen LogP contribution >= 0.6 is 0 Å². The first-order valence-electron chi connectivity index (χ1n) is 20.2. The van der Waals surface area contributed by atoms with Crippen LogP contribution in [0.4, 0.5) is 0 Å². The molecule has 0 saturated carbocycles. The van der Waals surface area contributed by atoms with E-state index in [-0.39, 0.29) is 12.2 Å². The Hall–Kier alpha value is -0.120. The third-order valence-corrected chi connectivity index (χ3v) is 9.34. The normalized spacial score (nSPS) is 13.1. The summed E-state index contributed by atoms with van der Waals surface area (Å²) in [5.74, 6) is 0. The third-order valence-electron chi connectivity index (χ3n) is 9.34. The molecule has 3 heteroatoms. The van der Waals surface area contributed by atoms with Crippen molar-refractivity contribution < 1.29 is 14.8 Å². The minimum atomic E-state index is 0.106. The average molecular weight is 611 g/mol. The lowest BCUT2D eigenvalue weighted by Crippen LogP contribution is -2.14. The van der Waals surface area contributed by atoms with Gasteiger partial charge in [0.2, 0.25) is 0 Å². The minimum absolute atomic E-state index is 0.106. The van der Waals surface area contributed by atoms with E-state index >= 15 is 0 Å². The van der Waals surface area contributed by atoms with Crippen molar-refractivity contribution in [1.29, 1.82) is 0 Å². The van der Waals surface area contributed by atoms with Crippen molar-refractivity contribution in [3.05, 3.63) is 0 Å². The maximum absolute atomic E-state index is 5.45. The number of hydrogen-bond acceptors (Lipinski definition) is 3. The van der Waals surface area contributed by atoms with Gasteiger partial charge in [0.05, 0.1) is 12.2 Å². The number of unbranched alkanes of at least 4 members (excludes halogenated alkanes) is 30. The Morgan fingerprint density at radius 2 is 0.465 bits per heavy atom. The highest BCUT2D eigenvalue weighted by molar-refractivity contribution is 4.54. The standard InChI is InChI=1S/C40H82O3/c1-5-7-9-11-13-15-17-19-21-23-25-27-29-31-33-35-37-39(3)41-43-42-40(4)38-36-34-32-30-28-26-24-22-20-18-16-14-12-10-8-6-2/h39-40H,5-38H2,1-4H3. The van der Waals surface area contributed by atoms with Crippen LogP contribution in [-0.4, -0.2) is 12.2 Å². The molecule has 0 aromatic heterocycles. The van der Waals surface area contributed by atoms with Gasteiger partial charge in [0.25, 0.3) is 0 Å². The summed E-state index contributed by atoms with van der Waals surface area (Å²) in [4.78, 5) is 10.9. The fourth-order valence-corrected chi connectivity index (χ4v) is 6.21. The van der Waals surface area contributed by atoms with Crippen LogP contribution in [-0.2, 0) is 14.8 Å². The molecule has 0 aliphatic carbocycles. The molecule has 260 valence electrons. The minimum Gasteiger partial charge on any atom is -0.203 e. The Bertz CT molecular complexity index is 440. The van der Waals surface area contributed by atoms with Gasteiger partial charge < -0.3 is 0 Å². The first kappa shape index (κ1) is 42.9. The topological polar surface area (TPSA) is 27.7 Å². The maximum Gasteiger partial charge on any atom is 0.0933 e. The molecule has 0 fully saturated rings. The van der Waals surface area contributed by atoms with Crippen molar-refractivity contribution in [3.8, 4) is 0 Å². The van der Waals surface area contributed by atoms with Crippen LogP contribution in [0.25, 0.3) is 0 Å². The van der Waals surface area contributed by atoms with Crippen LogP contribution in [0.15, 0.2) is 0 Å². The molecule has 43 heavy (non-hydrogen) atoms. The van der Waals surface area contributed by atoms with E-state index in [1.54, 1.807) is 0 Å². The van der Waals surface area contributed by atoms with E-state index in [1.807, 2.05) is 0 Å². The summed E-state index contributed by atoms with van der Waals surface area (Å²) in [6, 6.07) is 0. The van der Waals surface area contributed by atoms with Gasteiger partial charge in [0, 0.05) is 0 Å². The molecule has 0 rings (SSSR count). The van der Waals surface area contributed by atoms with E-state index < -0.39 is 0 Å². The van der Waals surface area contributed by atoms with Gasteiger partial charge in [-0.15, -0.1) is 0 Å². The molecule has 0 aromatic rings. The van der Waals surface area contributed by atoms with E-state index in [0.29, 0.717) is 0 Å². The predicted molar refractivity (Wildman–Crippen MR) is 191 cm³/mol. The van der Waals surface area contributed by atoms with Crippen molar-refractivity contribution in [2.75, 3.05) is 0 Å². The Kier molecular flexibility index (Phi) is 38.0. The van der Waals surface area contributed by atoms with E-state index in [1.165, 1.54) is 205 Å². The molecule has 2 atom stereocenters. The summed E-state index contributed by atoms with van der Waals surface area (Å²) >= 11 is 0. The zero-order valence-corrected chi connectivity index (χ0v) is 30.4. The molecule has 0 radical (unpaired) electrons. The lowest BCUT2D eigenvalue weighted by Gasteiger charge is -2.14. The van der Waals surface area contributed by atoms with Gasteiger partial charge in [0.15, 0.2) is 0 Å². The highest BCUT2D eigenvalue weighted by atomic mass is 17.5. The van der Waals surface area contributed by atoms with Crippen LogP contribution < -0.4 is 0 Å². The van der Waals surface area contributed by atoms with Crippen molar-refractivity contribution in [3.63, 3.8) is 0 Å². The molecule has 0 bridgehead atoms. The van der Waals surface area contributed by atoms with E-state index in [4.69, 9.17) is 14.8 Å². The summed E-state index contributed by atoms with van der Waals surface area (Å²) < 4.78 is 0. The predicted octanol–water partition coefficient (Wildman–Crippen LogP) is 14.9. The molecule has 0 spiro atoms. The van der Waals surface area contributed by atoms with E-state index in [0.717, 1.165) is 12.8 Å². The van der Waals surface area contributed by atoms with Gasteiger partial charge in [-0.25, -0.2) is 9.78 Å². The SMILES string of the molecule is CCCCCCCCCCCCCCCCCCC(C)OOOC(C)CCCCCCCCCCCCCCCCCC. The van der Waals surface area contributed by atoms with Crippen LogP contribution in [0.2, 0.25) is 0 Å². The van der Waals surface area contributed by atoms with E-state index in [9.17, 15) is 0 Å². The van der Waals surface area contributed by atoms with Gasteiger partial charge in [-0.2, -0.15) is 0 Å². The fraction of sp³-hybridized carbons (Fsp3) is 1.00. The zero-order valence-electron chi connectivity index (χ0n) is 30.4. The molecule has 2 unspecified atom stereocenters. The highest BCUT2D eigenvalue weighted by Gasteiger charge is 2.08. The first-order valence-corrected chi connectivity index (χ1v) is 20.2. The summed E-state index contributed by atoms with van der Waals surface area (Å²) in [6.45, 7) is 8.78. The van der Waals surface area contributed by atoms with Crippen molar-refractivity contribution in [1.82, 2.24) is 0 Å². The van der Waals surface area contributed by atoms with Crippen LogP contribution in [0.5, 0.6) is 0 Å². The van der Waals surface area contributed by atoms with Gasteiger partial charge in [-0.1, -0.05) is 224 Å². The quantitative estimate of drug-likeness (QED) is 0.0395. The molecule has 0 aromatic carbocycles. The van der Waals surface area contributed by atoms with Crippen LogP contribution in [0.1, 0.15) is 246 Å². The molecule has 0 aliphatic rings. The Labute approximate surface area is 272 Å². The van der Waals surface area contributed by atoms with Gasteiger partial charge in [-0.05, 0) is 26.7 Å². The second-order valence-corrected chi connectivity index (χ2v) is 14.1. The lowest BCUT2D eigenvalue weighted by molar-refractivity contribution is -0.537. The molecule has 0 aliphatic heterocycles. The molecule has 0 heterocycles. The Balaban J connectivity index is 3.25. The van der Waals surface area contributed by atoms with Crippen molar-refractivity contribution in [2.24, 2.45) is 0 Å². The molecular formula is C40H82O3. The lowest BCUT2D eigenvalue weighted by atomic mass is 10.0. The molecule has 0 amide bonds. The number of rotatable bonds is 38. The highest BCUT2D eigenvalue weighted by Crippen LogP contribution is 2.17. The zero-order chi connectivity index (χ0) is 31.3. The number of hydrogen-bond donors (Lipinski definition) is 0. The summed E-state index contributed by atoms with van der Waals surface area (Å²) in [5, 5.41) is 5.12. The van der Waals surface area contributed by atoms with Crippen molar-refractivity contribution in [2.45, 2.75) is 258 Å². The average Bonchev–Trinajstić information content (AvgIpc) is 3.00. The Morgan fingerprint density at radius 3 is 0.674 bits per heavy atom. The third kappa shape index (κ3) is 38.0. The molecule has 0 saturated heterocycles. The second-order valence-electron chi connectivity index (χ2n) is 14.1. The molecule has 3 nitrogen and oxygen atoms in total. The van der Waals surface area contributed by atoms with E-state index in [2.05, 4.69) is 27.7 Å². The van der Waals surface area contributed by atoms with Crippen LogP contribution in [0, 0.1) is 0 Å². The van der Waals surface area contributed by atoms with Gasteiger partial charge in [-0.3, -0.25) is 0 Å². The van der Waals surface area contributed by atoms with Crippen LogP contribution in [0.3, 0.4) is 0 Å². The fourth-order valence-electron chi connectivity index (χ4n) is 6.21. The largest absolute Gasteiger partial charge is 0.203 e. The monoisotopic (exact) mass is 611 g/mol. The molecule has 0 N–H and O–H groups in total. The van der Waals surface area contributed by atoms with Gasteiger partial charge in [0.1, 0.15) is 0 Å². The summed E-state index contributed by atoms with van der Waals surface area (Å²) in [7, 11) is 0. The smallest absolute Gasteiger partial charge is 0.0933 e. The first-order chi connectivity index (χ1) is 21.2. The van der Waals surface area contributed by atoms with Gasteiger partial charge >= 0.3 is 0 Å². The molecular weight excluding hydrogens is 528 g/mol. The summed E-state index contributed by atoms with van der Waals surface area (Å²) in [6.07, 6.45) is 47.4.